The third-order valence-electron chi connectivity index (χ3n) is 3.68. The normalized spacial score (nSPS) is 11.0. The first kappa shape index (κ1) is 17.0. The summed E-state index contributed by atoms with van der Waals surface area (Å²) >= 11 is 1.35. The molecule has 0 aliphatic rings. The van der Waals surface area contributed by atoms with Crippen LogP contribution in [0.25, 0.3) is 10.8 Å². The first-order valence-electron chi connectivity index (χ1n) is 7.33. The van der Waals surface area contributed by atoms with Crippen LogP contribution in [-0.2, 0) is 0 Å². The number of fused-ring (bicyclic) bond motifs is 1. The molecule has 0 saturated heterocycles. The Labute approximate surface area is 148 Å². The summed E-state index contributed by atoms with van der Waals surface area (Å²) in [5.41, 5.74) is 2.35. The maximum Gasteiger partial charge on any atom is 0.231 e. The number of benzene rings is 2. The molecule has 3 aromatic rings. The molecule has 1 heterocycles. The van der Waals surface area contributed by atoms with E-state index in [1.54, 1.807) is 40.2 Å². The number of aliphatic imine (C=N–C) groups is 1. The van der Waals surface area contributed by atoms with E-state index >= 15 is 0 Å². The molecule has 0 fully saturated rings. The standard InChI is InChI=1S/C17H17N3O4S/c1-21-11-5-6-12(22-2)15-14(11)13(23-3)7-10(16(15)24-4)8-18-17-20-19-9-25-17/h5-9H,1-4H3. The summed E-state index contributed by atoms with van der Waals surface area (Å²) in [6, 6.07) is 5.50. The molecule has 0 aliphatic heterocycles. The van der Waals surface area contributed by atoms with Crippen molar-refractivity contribution in [1.82, 2.24) is 10.2 Å². The van der Waals surface area contributed by atoms with Gasteiger partial charge in [0.1, 0.15) is 28.5 Å². The van der Waals surface area contributed by atoms with E-state index in [4.69, 9.17) is 18.9 Å². The maximum absolute atomic E-state index is 5.66. The molecule has 7 nitrogen and oxygen atoms in total. The molecule has 0 saturated carbocycles. The number of nitrogens with zero attached hydrogens (tertiary/aromatic N) is 3. The average Bonchev–Trinajstić information content (AvgIpc) is 3.17. The van der Waals surface area contributed by atoms with Gasteiger partial charge in [-0.15, -0.1) is 10.2 Å². The second kappa shape index (κ2) is 7.35. The zero-order chi connectivity index (χ0) is 17.8. The van der Waals surface area contributed by atoms with Gasteiger partial charge in [-0.1, -0.05) is 11.3 Å². The lowest BCUT2D eigenvalue weighted by atomic mass is 10.0. The van der Waals surface area contributed by atoms with Gasteiger partial charge in [0.05, 0.1) is 39.2 Å². The fourth-order valence-electron chi connectivity index (χ4n) is 2.62. The molecule has 0 bridgehead atoms. The third-order valence-corrected chi connectivity index (χ3v) is 4.28. The fourth-order valence-corrected chi connectivity index (χ4v) is 3.02. The summed E-state index contributed by atoms with van der Waals surface area (Å²) in [5.74, 6) is 2.56. The van der Waals surface area contributed by atoms with Gasteiger partial charge < -0.3 is 18.9 Å². The van der Waals surface area contributed by atoms with Gasteiger partial charge >= 0.3 is 0 Å². The molecule has 0 amide bonds. The molecule has 0 atom stereocenters. The van der Waals surface area contributed by atoms with E-state index in [1.807, 2.05) is 18.2 Å². The molecule has 0 unspecified atom stereocenters. The van der Waals surface area contributed by atoms with E-state index in [0.717, 1.165) is 16.3 Å². The maximum atomic E-state index is 5.66. The molecule has 130 valence electrons. The quantitative estimate of drug-likeness (QED) is 0.627. The van der Waals surface area contributed by atoms with Crippen LogP contribution in [0.15, 0.2) is 28.7 Å². The van der Waals surface area contributed by atoms with E-state index in [-0.39, 0.29) is 0 Å². The lowest BCUT2D eigenvalue weighted by Crippen LogP contribution is -1.99. The molecule has 0 radical (unpaired) electrons. The highest BCUT2D eigenvalue weighted by Crippen LogP contribution is 2.45. The van der Waals surface area contributed by atoms with Crippen molar-refractivity contribution in [1.29, 1.82) is 0 Å². The van der Waals surface area contributed by atoms with Crippen LogP contribution >= 0.6 is 11.3 Å². The predicted molar refractivity (Wildman–Crippen MR) is 97.3 cm³/mol. The van der Waals surface area contributed by atoms with Gasteiger partial charge in [0.2, 0.25) is 5.13 Å². The van der Waals surface area contributed by atoms with Crippen molar-refractivity contribution in [3.05, 3.63) is 29.3 Å². The lowest BCUT2D eigenvalue weighted by Gasteiger charge is -2.17. The van der Waals surface area contributed by atoms with Gasteiger partial charge in [-0.05, 0) is 18.2 Å². The highest BCUT2D eigenvalue weighted by atomic mass is 32.1. The minimum absolute atomic E-state index is 0.554. The first-order chi connectivity index (χ1) is 12.2. The Morgan fingerprint density at radius 2 is 1.60 bits per heavy atom. The highest BCUT2D eigenvalue weighted by Gasteiger charge is 2.20. The number of hydrogen-bond acceptors (Lipinski definition) is 8. The minimum Gasteiger partial charge on any atom is -0.496 e. The van der Waals surface area contributed by atoms with E-state index < -0.39 is 0 Å². The fraction of sp³-hybridized carbons (Fsp3) is 0.235. The van der Waals surface area contributed by atoms with Crippen LogP contribution < -0.4 is 18.9 Å². The summed E-state index contributed by atoms with van der Waals surface area (Å²) in [6.07, 6.45) is 1.67. The van der Waals surface area contributed by atoms with Gasteiger partial charge in [-0.25, -0.2) is 4.99 Å². The zero-order valence-corrected chi connectivity index (χ0v) is 15.1. The van der Waals surface area contributed by atoms with Crippen molar-refractivity contribution in [2.45, 2.75) is 0 Å². The second-order valence-electron chi connectivity index (χ2n) is 4.90. The summed E-state index contributed by atoms with van der Waals surface area (Å²) in [5, 5.41) is 9.76. The number of rotatable bonds is 6. The minimum atomic E-state index is 0.554. The Morgan fingerprint density at radius 3 is 2.16 bits per heavy atom. The molecular weight excluding hydrogens is 342 g/mol. The van der Waals surface area contributed by atoms with Crippen molar-refractivity contribution in [2.24, 2.45) is 4.99 Å². The Morgan fingerprint density at radius 1 is 0.920 bits per heavy atom. The van der Waals surface area contributed by atoms with Crippen molar-refractivity contribution >= 4 is 33.5 Å². The van der Waals surface area contributed by atoms with Gasteiger partial charge in [0, 0.05) is 11.8 Å². The van der Waals surface area contributed by atoms with E-state index in [9.17, 15) is 0 Å². The van der Waals surface area contributed by atoms with Crippen LogP contribution in [0.3, 0.4) is 0 Å². The van der Waals surface area contributed by atoms with Gasteiger partial charge in [0.15, 0.2) is 0 Å². The van der Waals surface area contributed by atoms with Crippen LogP contribution in [0.1, 0.15) is 5.56 Å². The number of ether oxygens (including phenoxy) is 4. The molecular formula is C17H17N3O4S. The average molecular weight is 359 g/mol. The van der Waals surface area contributed by atoms with E-state index in [2.05, 4.69) is 15.2 Å². The number of aromatic nitrogens is 2. The molecule has 0 spiro atoms. The molecule has 25 heavy (non-hydrogen) atoms. The zero-order valence-electron chi connectivity index (χ0n) is 14.3. The molecule has 3 rings (SSSR count). The van der Waals surface area contributed by atoms with Crippen molar-refractivity contribution in [2.75, 3.05) is 28.4 Å². The summed E-state index contributed by atoms with van der Waals surface area (Å²) in [4.78, 5) is 4.34. The van der Waals surface area contributed by atoms with Crippen molar-refractivity contribution in [3.63, 3.8) is 0 Å². The monoisotopic (exact) mass is 359 g/mol. The van der Waals surface area contributed by atoms with E-state index in [0.29, 0.717) is 28.1 Å². The Bertz CT molecular complexity index is 910. The van der Waals surface area contributed by atoms with Crippen LogP contribution in [0, 0.1) is 0 Å². The lowest BCUT2D eigenvalue weighted by molar-refractivity contribution is 0.392. The van der Waals surface area contributed by atoms with E-state index in [1.165, 1.54) is 11.3 Å². The highest BCUT2D eigenvalue weighted by molar-refractivity contribution is 7.13. The molecule has 0 aliphatic carbocycles. The molecule has 8 heteroatoms. The molecule has 0 N–H and O–H groups in total. The van der Waals surface area contributed by atoms with Crippen molar-refractivity contribution < 1.29 is 18.9 Å². The largest absolute Gasteiger partial charge is 0.496 e. The van der Waals surface area contributed by atoms with Gasteiger partial charge in [0.25, 0.3) is 0 Å². The predicted octanol–water partition coefficient (Wildman–Crippen LogP) is 3.48. The number of methoxy groups -OCH3 is 4. The third kappa shape index (κ3) is 3.08. The topological polar surface area (TPSA) is 75.1 Å². The van der Waals surface area contributed by atoms with Crippen LogP contribution in [0.4, 0.5) is 5.13 Å². The Hall–Kier alpha value is -2.87. The molecule has 1 aromatic heterocycles. The van der Waals surface area contributed by atoms with Crippen LogP contribution in [-0.4, -0.2) is 44.9 Å². The van der Waals surface area contributed by atoms with Crippen molar-refractivity contribution in [3.8, 4) is 23.0 Å². The van der Waals surface area contributed by atoms with Crippen LogP contribution in [0.5, 0.6) is 23.0 Å². The van der Waals surface area contributed by atoms with Gasteiger partial charge in [-0.3, -0.25) is 0 Å². The molecule has 2 aromatic carbocycles. The summed E-state index contributed by atoms with van der Waals surface area (Å²) in [7, 11) is 6.42. The second-order valence-corrected chi connectivity index (χ2v) is 5.71. The van der Waals surface area contributed by atoms with Gasteiger partial charge in [-0.2, -0.15) is 0 Å². The summed E-state index contributed by atoms with van der Waals surface area (Å²) in [6.45, 7) is 0. The smallest absolute Gasteiger partial charge is 0.231 e. The Balaban J connectivity index is 2.31. The SMILES string of the molecule is COc1ccc(OC)c2c(OC)c(C=Nc3nncs3)cc(OC)c12. The summed E-state index contributed by atoms with van der Waals surface area (Å²) < 4.78 is 22.2. The Kier molecular flexibility index (Phi) is 4.99. The first-order valence-corrected chi connectivity index (χ1v) is 8.21. The number of hydrogen-bond donors (Lipinski definition) is 0. The van der Waals surface area contributed by atoms with Crippen LogP contribution in [0.2, 0.25) is 0 Å².